The Morgan fingerprint density at radius 3 is 2.12 bits per heavy atom. The maximum Gasteiger partial charge on any atom is 0.237 e. The van der Waals surface area contributed by atoms with Crippen LogP contribution in [0.4, 0.5) is 0 Å². The van der Waals surface area contributed by atoms with Crippen LogP contribution in [0.25, 0.3) is 0 Å². The summed E-state index contributed by atoms with van der Waals surface area (Å²) in [5, 5.41) is 0. The number of primary amides is 1. The first-order chi connectivity index (χ1) is 8.02. The van der Waals surface area contributed by atoms with Crippen LogP contribution in [-0.4, -0.2) is 36.9 Å². The Balaban J connectivity index is 2.76. The van der Waals surface area contributed by atoms with Gasteiger partial charge in [-0.15, -0.1) is 0 Å². The largest absolute Gasteiger partial charge is 0.368 e. The molecule has 1 aliphatic carbocycles. The highest BCUT2D eigenvalue weighted by Crippen LogP contribution is 2.35. The van der Waals surface area contributed by atoms with E-state index in [-0.39, 0.29) is 12.5 Å². The topological polar surface area (TPSA) is 89.4 Å². The van der Waals surface area contributed by atoms with Crippen LogP contribution in [0, 0.1) is 5.41 Å². The first-order valence-corrected chi connectivity index (χ1v) is 6.26. The molecule has 0 heterocycles. The number of nitrogens with two attached hydrogens (primary N) is 2. The lowest BCUT2D eigenvalue weighted by Gasteiger charge is -2.33. The van der Waals surface area contributed by atoms with E-state index in [9.17, 15) is 9.59 Å². The molecule has 5 heteroatoms. The second kappa shape index (κ2) is 6.00. The highest BCUT2D eigenvalue weighted by molar-refractivity contribution is 5.87. The van der Waals surface area contributed by atoms with E-state index >= 15 is 0 Å². The van der Waals surface area contributed by atoms with Crippen molar-refractivity contribution in [1.29, 1.82) is 0 Å². The van der Waals surface area contributed by atoms with Crippen LogP contribution in [0.2, 0.25) is 0 Å². The lowest BCUT2D eigenvalue weighted by atomic mass is 9.79. The maximum atomic E-state index is 12.4. The average Bonchev–Trinajstić information content (AvgIpc) is 2.53. The van der Waals surface area contributed by atoms with Crippen molar-refractivity contribution in [3.8, 4) is 0 Å². The van der Waals surface area contributed by atoms with Crippen LogP contribution in [0.5, 0.6) is 0 Å². The summed E-state index contributed by atoms with van der Waals surface area (Å²) in [6.45, 7) is 0.329. The van der Waals surface area contributed by atoms with Crippen LogP contribution in [0.3, 0.4) is 0 Å². The third-order valence-corrected chi connectivity index (χ3v) is 3.64. The molecule has 17 heavy (non-hydrogen) atoms. The minimum atomic E-state index is -0.485. The molecule has 1 saturated carbocycles. The van der Waals surface area contributed by atoms with Crippen LogP contribution in [0.1, 0.15) is 38.5 Å². The molecule has 0 aliphatic heterocycles. The van der Waals surface area contributed by atoms with E-state index < -0.39 is 11.3 Å². The van der Waals surface area contributed by atoms with E-state index in [1.807, 2.05) is 0 Å². The normalized spacial score (nSPS) is 19.4. The molecule has 5 nitrogen and oxygen atoms in total. The molecule has 0 spiro atoms. The van der Waals surface area contributed by atoms with Gasteiger partial charge in [0, 0.05) is 13.6 Å². The fraction of sp³-hybridized carbons (Fsp3) is 0.833. The molecule has 4 N–H and O–H groups in total. The molecule has 0 aromatic rings. The fourth-order valence-electron chi connectivity index (χ4n) is 2.62. The fourth-order valence-corrected chi connectivity index (χ4v) is 2.62. The average molecular weight is 241 g/mol. The van der Waals surface area contributed by atoms with Gasteiger partial charge in [-0.25, -0.2) is 0 Å². The number of amides is 2. The van der Waals surface area contributed by atoms with E-state index in [0.717, 1.165) is 38.5 Å². The number of hydrogen-bond donors (Lipinski definition) is 2. The third kappa shape index (κ3) is 3.43. The highest BCUT2D eigenvalue weighted by Gasteiger charge is 2.39. The molecule has 1 rings (SSSR count). The van der Waals surface area contributed by atoms with Crippen LogP contribution in [-0.2, 0) is 9.59 Å². The molecule has 0 radical (unpaired) electrons. The number of likely N-dealkylation sites (N-methyl/N-ethyl adjacent to an activating group) is 1. The zero-order chi connectivity index (χ0) is 12.9. The minimum Gasteiger partial charge on any atom is -0.368 e. The van der Waals surface area contributed by atoms with Gasteiger partial charge in [-0.2, -0.15) is 0 Å². The smallest absolute Gasteiger partial charge is 0.237 e. The van der Waals surface area contributed by atoms with Gasteiger partial charge in [0.1, 0.15) is 0 Å². The molecular formula is C12H23N3O2. The first-order valence-electron chi connectivity index (χ1n) is 6.26. The highest BCUT2D eigenvalue weighted by atomic mass is 16.2. The summed E-state index contributed by atoms with van der Waals surface area (Å²) in [7, 11) is 1.62. The summed E-state index contributed by atoms with van der Waals surface area (Å²) < 4.78 is 0. The van der Waals surface area contributed by atoms with Crippen molar-refractivity contribution in [3.63, 3.8) is 0 Å². The molecule has 0 unspecified atom stereocenters. The van der Waals surface area contributed by atoms with Gasteiger partial charge in [0.15, 0.2) is 0 Å². The molecular weight excluding hydrogens is 218 g/mol. The summed E-state index contributed by atoms with van der Waals surface area (Å²) in [6.07, 6.45) is 6.04. The van der Waals surface area contributed by atoms with Crippen molar-refractivity contribution in [2.24, 2.45) is 16.9 Å². The van der Waals surface area contributed by atoms with Gasteiger partial charge in [0.25, 0.3) is 0 Å². The summed E-state index contributed by atoms with van der Waals surface area (Å²) in [6, 6.07) is 0. The zero-order valence-electron chi connectivity index (χ0n) is 10.6. The summed E-state index contributed by atoms with van der Waals surface area (Å²) in [5.74, 6) is -0.512. The Morgan fingerprint density at radius 2 is 1.71 bits per heavy atom. The van der Waals surface area contributed by atoms with Crippen molar-refractivity contribution >= 4 is 11.8 Å². The quantitative estimate of drug-likeness (QED) is 0.690. The number of carbonyl (C=O) groups is 2. The zero-order valence-corrected chi connectivity index (χ0v) is 10.6. The first kappa shape index (κ1) is 14.0. The Hall–Kier alpha value is -1.10. The van der Waals surface area contributed by atoms with Crippen LogP contribution < -0.4 is 11.5 Å². The van der Waals surface area contributed by atoms with Gasteiger partial charge < -0.3 is 16.4 Å². The Labute approximate surface area is 103 Å². The van der Waals surface area contributed by atoms with Crippen molar-refractivity contribution in [2.45, 2.75) is 38.5 Å². The van der Waals surface area contributed by atoms with E-state index in [4.69, 9.17) is 11.5 Å². The Kier molecular flexibility index (Phi) is 4.93. The van der Waals surface area contributed by atoms with E-state index in [1.165, 1.54) is 4.90 Å². The predicted molar refractivity (Wildman–Crippen MR) is 66.0 cm³/mol. The third-order valence-electron chi connectivity index (χ3n) is 3.64. The SMILES string of the molecule is CN(CC(N)=O)C(=O)C1(CN)CCCCCC1. The van der Waals surface area contributed by atoms with Gasteiger partial charge in [-0.05, 0) is 12.8 Å². The van der Waals surface area contributed by atoms with Crippen molar-refractivity contribution in [2.75, 3.05) is 20.1 Å². The molecule has 0 saturated heterocycles. The van der Waals surface area contributed by atoms with Crippen LogP contribution in [0.15, 0.2) is 0 Å². The monoisotopic (exact) mass is 241 g/mol. The number of rotatable bonds is 4. The predicted octanol–water partition coefficient (Wildman–Crippen LogP) is 0.229. The molecule has 0 atom stereocenters. The summed E-state index contributed by atoms with van der Waals surface area (Å²) >= 11 is 0. The number of nitrogens with zero attached hydrogens (tertiary/aromatic N) is 1. The Morgan fingerprint density at radius 1 is 1.18 bits per heavy atom. The second-order valence-electron chi connectivity index (χ2n) is 5.03. The lowest BCUT2D eigenvalue weighted by Crippen LogP contribution is -2.48. The van der Waals surface area contributed by atoms with E-state index in [0.29, 0.717) is 6.54 Å². The van der Waals surface area contributed by atoms with E-state index in [1.54, 1.807) is 7.05 Å². The molecule has 1 aliphatic rings. The molecule has 98 valence electrons. The second-order valence-corrected chi connectivity index (χ2v) is 5.03. The summed E-state index contributed by atoms with van der Waals surface area (Å²) in [5.41, 5.74) is 10.5. The van der Waals surface area contributed by atoms with Gasteiger partial charge in [-0.1, -0.05) is 25.7 Å². The van der Waals surface area contributed by atoms with Gasteiger partial charge in [0.2, 0.25) is 11.8 Å². The minimum absolute atomic E-state index is 0.0271. The molecule has 0 aromatic carbocycles. The standard InChI is InChI=1S/C12H23N3O2/c1-15(8-10(14)16)11(17)12(9-13)6-4-2-3-5-7-12/h2-9,13H2,1H3,(H2,14,16). The number of hydrogen-bond acceptors (Lipinski definition) is 3. The lowest BCUT2D eigenvalue weighted by molar-refractivity contribution is -0.143. The molecule has 0 aromatic heterocycles. The van der Waals surface area contributed by atoms with Gasteiger partial charge >= 0.3 is 0 Å². The molecule has 2 amide bonds. The van der Waals surface area contributed by atoms with Gasteiger partial charge in [0.05, 0.1) is 12.0 Å². The summed E-state index contributed by atoms with van der Waals surface area (Å²) in [4.78, 5) is 24.6. The molecule has 0 bridgehead atoms. The maximum absolute atomic E-state index is 12.4. The van der Waals surface area contributed by atoms with Crippen LogP contribution >= 0.6 is 0 Å². The Bertz CT molecular complexity index is 283. The van der Waals surface area contributed by atoms with Crippen molar-refractivity contribution in [3.05, 3.63) is 0 Å². The van der Waals surface area contributed by atoms with E-state index in [2.05, 4.69) is 0 Å². The molecule has 1 fully saturated rings. The van der Waals surface area contributed by atoms with Crippen molar-refractivity contribution < 1.29 is 9.59 Å². The van der Waals surface area contributed by atoms with Crippen molar-refractivity contribution in [1.82, 2.24) is 4.90 Å². The van der Waals surface area contributed by atoms with Gasteiger partial charge in [-0.3, -0.25) is 9.59 Å². The number of carbonyl (C=O) groups excluding carboxylic acids is 2.